The molecule has 112 valence electrons. The fourth-order valence-electron chi connectivity index (χ4n) is 1.88. The van der Waals surface area contributed by atoms with E-state index >= 15 is 0 Å². The average Bonchev–Trinajstić information content (AvgIpc) is 2.98. The molecule has 0 bridgehead atoms. The number of benzene rings is 2. The molecule has 3 aromatic rings. The molecule has 0 N–H and O–H groups in total. The maximum Gasteiger partial charge on any atom is 0.264 e. The van der Waals surface area contributed by atoms with Crippen molar-refractivity contribution in [2.24, 2.45) is 0 Å². The van der Waals surface area contributed by atoms with Crippen LogP contribution in [0.15, 0.2) is 47.0 Å². The summed E-state index contributed by atoms with van der Waals surface area (Å²) in [6.07, 6.45) is 0. The Morgan fingerprint density at radius 3 is 2.68 bits per heavy atom. The molecular weight excluding hydrogens is 307 g/mol. The van der Waals surface area contributed by atoms with Crippen molar-refractivity contribution in [2.75, 3.05) is 0 Å². The predicted octanol–water partition coefficient (Wildman–Crippen LogP) is 4.42. The fraction of sp³-hybridized carbons (Fsp3) is 0.125. The molecule has 0 spiro atoms. The quantitative estimate of drug-likeness (QED) is 0.714. The molecule has 1 aromatic heterocycles. The number of aromatic nitrogens is 2. The normalized spacial score (nSPS) is 10.7. The van der Waals surface area contributed by atoms with Crippen LogP contribution in [0.2, 0.25) is 5.02 Å². The number of ether oxygens (including phenoxy) is 1. The van der Waals surface area contributed by atoms with Gasteiger partial charge < -0.3 is 9.26 Å². The van der Waals surface area contributed by atoms with Crippen LogP contribution in [0.5, 0.6) is 5.75 Å². The largest absolute Gasteiger partial charge is 0.484 e. The molecule has 0 unspecified atom stereocenters. The van der Waals surface area contributed by atoms with Crippen molar-refractivity contribution in [1.29, 1.82) is 0 Å². The minimum Gasteiger partial charge on any atom is -0.484 e. The van der Waals surface area contributed by atoms with Gasteiger partial charge >= 0.3 is 0 Å². The van der Waals surface area contributed by atoms with Crippen molar-refractivity contribution in [3.8, 4) is 17.1 Å². The Kier molecular flexibility index (Phi) is 4.06. The summed E-state index contributed by atoms with van der Waals surface area (Å²) in [6.45, 7) is 2.05. The summed E-state index contributed by atoms with van der Waals surface area (Å²) in [6, 6.07) is 11.2. The average molecular weight is 319 g/mol. The zero-order valence-corrected chi connectivity index (χ0v) is 12.5. The van der Waals surface area contributed by atoms with E-state index in [2.05, 4.69) is 10.1 Å². The highest BCUT2D eigenvalue weighted by Crippen LogP contribution is 2.22. The second-order valence-electron chi connectivity index (χ2n) is 4.72. The summed E-state index contributed by atoms with van der Waals surface area (Å²) in [5, 5.41) is 4.53. The van der Waals surface area contributed by atoms with Gasteiger partial charge in [-0.05, 0) is 55.0 Å². The first-order valence-electron chi connectivity index (χ1n) is 6.59. The van der Waals surface area contributed by atoms with Gasteiger partial charge in [0.15, 0.2) is 6.61 Å². The van der Waals surface area contributed by atoms with Crippen LogP contribution < -0.4 is 4.74 Å². The van der Waals surface area contributed by atoms with E-state index in [0.717, 1.165) is 5.56 Å². The molecule has 2 aromatic carbocycles. The molecule has 4 nitrogen and oxygen atoms in total. The summed E-state index contributed by atoms with van der Waals surface area (Å²) in [7, 11) is 0. The fourth-order valence-corrected chi connectivity index (χ4v) is 2.00. The standard InChI is InChI=1S/C16H12ClFN2O2/c1-10-8-13(6-7-14(10)17)21-9-15-19-16(20-22-15)11-2-4-12(18)5-3-11/h2-8H,9H2,1H3. The molecule has 0 aliphatic heterocycles. The Morgan fingerprint density at radius 1 is 1.18 bits per heavy atom. The molecule has 3 rings (SSSR count). The van der Waals surface area contributed by atoms with Crippen LogP contribution in [-0.2, 0) is 6.61 Å². The Labute approximate surface area is 131 Å². The minimum atomic E-state index is -0.311. The van der Waals surface area contributed by atoms with Crippen molar-refractivity contribution in [3.63, 3.8) is 0 Å². The number of hydrogen-bond acceptors (Lipinski definition) is 4. The SMILES string of the molecule is Cc1cc(OCc2nc(-c3ccc(F)cc3)no2)ccc1Cl. The molecule has 0 amide bonds. The van der Waals surface area contributed by atoms with Gasteiger partial charge in [-0.15, -0.1) is 0 Å². The van der Waals surface area contributed by atoms with Gasteiger partial charge in [-0.25, -0.2) is 4.39 Å². The Hall–Kier alpha value is -2.40. The van der Waals surface area contributed by atoms with Gasteiger partial charge in [0.25, 0.3) is 5.89 Å². The van der Waals surface area contributed by atoms with Crippen molar-refractivity contribution in [1.82, 2.24) is 10.1 Å². The van der Waals surface area contributed by atoms with Gasteiger partial charge in [-0.1, -0.05) is 16.8 Å². The van der Waals surface area contributed by atoms with Gasteiger partial charge in [-0.3, -0.25) is 0 Å². The predicted molar refractivity (Wildman–Crippen MR) is 80.2 cm³/mol. The molecule has 22 heavy (non-hydrogen) atoms. The van der Waals surface area contributed by atoms with Gasteiger partial charge in [0.2, 0.25) is 5.82 Å². The maximum atomic E-state index is 12.9. The summed E-state index contributed by atoms with van der Waals surface area (Å²) >= 11 is 5.96. The third-order valence-electron chi connectivity index (χ3n) is 3.06. The Morgan fingerprint density at radius 2 is 1.95 bits per heavy atom. The molecule has 1 heterocycles. The van der Waals surface area contributed by atoms with Crippen molar-refractivity contribution in [2.45, 2.75) is 13.5 Å². The van der Waals surface area contributed by atoms with E-state index < -0.39 is 0 Å². The summed E-state index contributed by atoms with van der Waals surface area (Å²) < 4.78 is 23.6. The lowest BCUT2D eigenvalue weighted by atomic mass is 10.2. The first kappa shape index (κ1) is 14.5. The first-order valence-corrected chi connectivity index (χ1v) is 6.97. The van der Waals surface area contributed by atoms with E-state index in [9.17, 15) is 4.39 Å². The second-order valence-corrected chi connectivity index (χ2v) is 5.13. The smallest absolute Gasteiger partial charge is 0.264 e. The molecule has 0 saturated carbocycles. The first-order chi connectivity index (χ1) is 10.6. The summed E-state index contributed by atoms with van der Waals surface area (Å²) in [5.41, 5.74) is 1.61. The van der Waals surface area contributed by atoms with E-state index in [1.807, 2.05) is 13.0 Å². The van der Waals surface area contributed by atoms with Crippen LogP contribution in [0, 0.1) is 12.7 Å². The van der Waals surface area contributed by atoms with E-state index in [1.165, 1.54) is 12.1 Å². The highest BCUT2D eigenvalue weighted by Gasteiger charge is 2.09. The van der Waals surface area contributed by atoms with Gasteiger partial charge in [-0.2, -0.15) is 4.98 Å². The minimum absolute atomic E-state index is 0.148. The number of rotatable bonds is 4. The van der Waals surface area contributed by atoms with Crippen LogP contribution in [0.4, 0.5) is 4.39 Å². The lowest BCUT2D eigenvalue weighted by Crippen LogP contribution is -1.96. The highest BCUT2D eigenvalue weighted by atomic mass is 35.5. The van der Waals surface area contributed by atoms with E-state index in [-0.39, 0.29) is 12.4 Å². The van der Waals surface area contributed by atoms with Crippen molar-refractivity contribution < 1.29 is 13.7 Å². The highest BCUT2D eigenvalue weighted by molar-refractivity contribution is 6.31. The molecule has 0 aliphatic carbocycles. The lowest BCUT2D eigenvalue weighted by Gasteiger charge is -2.04. The number of aryl methyl sites for hydroxylation is 1. The topological polar surface area (TPSA) is 48.2 Å². The van der Waals surface area contributed by atoms with Crippen LogP contribution in [0.3, 0.4) is 0 Å². The lowest BCUT2D eigenvalue weighted by molar-refractivity contribution is 0.243. The molecule has 0 atom stereocenters. The van der Waals surface area contributed by atoms with Crippen molar-refractivity contribution >= 4 is 11.6 Å². The zero-order chi connectivity index (χ0) is 15.5. The Balaban J connectivity index is 1.69. The zero-order valence-electron chi connectivity index (χ0n) is 11.7. The van der Waals surface area contributed by atoms with Crippen LogP contribution >= 0.6 is 11.6 Å². The molecule has 0 fully saturated rings. The third kappa shape index (κ3) is 3.26. The van der Waals surface area contributed by atoms with Gasteiger partial charge in [0, 0.05) is 10.6 Å². The summed E-state index contributed by atoms with van der Waals surface area (Å²) in [5.74, 6) is 1.09. The summed E-state index contributed by atoms with van der Waals surface area (Å²) in [4.78, 5) is 4.21. The number of halogens is 2. The maximum absolute atomic E-state index is 12.9. The monoisotopic (exact) mass is 318 g/mol. The molecule has 6 heteroatoms. The van der Waals surface area contributed by atoms with Crippen LogP contribution in [-0.4, -0.2) is 10.1 Å². The molecular formula is C16H12ClFN2O2. The van der Waals surface area contributed by atoms with Crippen LogP contribution in [0.1, 0.15) is 11.5 Å². The molecule has 0 saturated heterocycles. The molecule has 0 radical (unpaired) electrons. The Bertz CT molecular complexity index is 787. The van der Waals surface area contributed by atoms with Crippen molar-refractivity contribution in [3.05, 3.63) is 64.8 Å². The third-order valence-corrected chi connectivity index (χ3v) is 3.49. The number of hydrogen-bond donors (Lipinski definition) is 0. The number of nitrogens with zero attached hydrogens (tertiary/aromatic N) is 2. The molecule has 0 aliphatic rings. The van der Waals surface area contributed by atoms with E-state index in [1.54, 1.807) is 24.3 Å². The second kappa shape index (κ2) is 6.15. The van der Waals surface area contributed by atoms with Crippen LogP contribution in [0.25, 0.3) is 11.4 Å². The van der Waals surface area contributed by atoms with Gasteiger partial charge in [0.05, 0.1) is 0 Å². The van der Waals surface area contributed by atoms with E-state index in [0.29, 0.717) is 28.1 Å². The van der Waals surface area contributed by atoms with Gasteiger partial charge in [0.1, 0.15) is 11.6 Å². The van der Waals surface area contributed by atoms with E-state index in [4.69, 9.17) is 20.9 Å².